The first-order valence-corrected chi connectivity index (χ1v) is 8.72. The van der Waals surface area contributed by atoms with E-state index in [1.54, 1.807) is 0 Å². The van der Waals surface area contributed by atoms with E-state index in [1.165, 1.54) is 19.3 Å². The summed E-state index contributed by atoms with van der Waals surface area (Å²) in [7, 11) is 0. The zero-order valence-electron chi connectivity index (χ0n) is 12.4. The van der Waals surface area contributed by atoms with Crippen molar-refractivity contribution in [2.75, 3.05) is 31.9 Å². The minimum Gasteiger partial charge on any atom is -0.342 e. The molecule has 2 rings (SSSR count). The minimum atomic E-state index is 0.362. The zero-order chi connectivity index (χ0) is 13.7. The van der Waals surface area contributed by atoms with Gasteiger partial charge in [-0.05, 0) is 50.6 Å². The highest BCUT2D eigenvalue weighted by atomic mass is 32.2. The number of carbonyl (C=O) groups is 1. The molecule has 2 fully saturated rings. The molecule has 2 saturated heterocycles. The molecular formula is C15H28N2OS. The summed E-state index contributed by atoms with van der Waals surface area (Å²) in [5.74, 6) is 1.05. The second-order valence-electron chi connectivity index (χ2n) is 6.66. The largest absolute Gasteiger partial charge is 0.342 e. The van der Waals surface area contributed by atoms with Crippen molar-refractivity contribution < 1.29 is 4.79 Å². The van der Waals surface area contributed by atoms with E-state index >= 15 is 0 Å². The van der Waals surface area contributed by atoms with Gasteiger partial charge in [-0.25, -0.2) is 0 Å². The lowest BCUT2D eigenvalue weighted by Gasteiger charge is -2.25. The van der Waals surface area contributed by atoms with Crippen molar-refractivity contribution in [2.45, 2.75) is 51.2 Å². The average molecular weight is 284 g/mol. The Balaban J connectivity index is 1.73. The first kappa shape index (κ1) is 15.2. The van der Waals surface area contributed by atoms with Gasteiger partial charge < -0.3 is 10.2 Å². The molecule has 19 heavy (non-hydrogen) atoms. The van der Waals surface area contributed by atoms with Crippen LogP contribution in [0.5, 0.6) is 0 Å². The maximum Gasteiger partial charge on any atom is 0.232 e. The standard InChI is InChI=1S/C15H28N2OS/c1-15(2)6-3-10-17(11-7-15)14(18)12-19-13-4-8-16-9-5-13/h13,16H,3-12H2,1-2H3. The van der Waals surface area contributed by atoms with Crippen molar-refractivity contribution in [1.82, 2.24) is 10.2 Å². The molecule has 0 radical (unpaired) electrons. The Hall–Kier alpha value is -0.220. The Morgan fingerprint density at radius 1 is 1.26 bits per heavy atom. The van der Waals surface area contributed by atoms with Gasteiger partial charge in [-0.15, -0.1) is 11.8 Å². The number of piperidine rings is 1. The number of thioether (sulfide) groups is 1. The van der Waals surface area contributed by atoms with Crippen molar-refractivity contribution in [1.29, 1.82) is 0 Å². The first-order chi connectivity index (χ1) is 9.07. The van der Waals surface area contributed by atoms with Crippen LogP contribution >= 0.6 is 11.8 Å². The average Bonchev–Trinajstić information content (AvgIpc) is 2.58. The van der Waals surface area contributed by atoms with Crippen LogP contribution in [0.4, 0.5) is 0 Å². The number of carbonyl (C=O) groups excluding carboxylic acids is 1. The minimum absolute atomic E-state index is 0.362. The molecule has 3 nitrogen and oxygen atoms in total. The smallest absolute Gasteiger partial charge is 0.232 e. The lowest BCUT2D eigenvalue weighted by molar-refractivity contribution is -0.128. The number of nitrogens with zero attached hydrogens (tertiary/aromatic N) is 1. The molecule has 0 atom stereocenters. The SMILES string of the molecule is CC1(C)CCCN(C(=O)CSC2CCNCC2)CC1. The van der Waals surface area contributed by atoms with Gasteiger partial charge in [0, 0.05) is 18.3 Å². The molecule has 110 valence electrons. The summed E-state index contributed by atoms with van der Waals surface area (Å²) in [4.78, 5) is 14.4. The molecule has 0 aromatic rings. The van der Waals surface area contributed by atoms with Gasteiger partial charge in [0.25, 0.3) is 0 Å². The number of nitrogens with one attached hydrogen (secondary N) is 1. The fourth-order valence-corrected chi connectivity index (χ4v) is 4.04. The Bertz CT molecular complexity index is 301. The maximum absolute atomic E-state index is 12.3. The highest BCUT2D eigenvalue weighted by molar-refractivity contribution is 8.00. The van der Waals surface area contributed by atoms with Crippen molar-refractivity contribution in [3.63, 3.8) is 0 Å². The molecule has 1 N–H and O–H groups in total. The van der Waals surface area contributed by atoms with E-state index in [2.05, 4.69) is 24.1 Å². The highest BCUT2D eigenvalue weighted by Gasteiger charge is 2.25. The Kier molecular flexibility index (Phi) is 5.58. The monoisotopic (exact) mass is 284 g/mol. The van der Waals surface area contributed by atoms with Crippen LogP contribution in [0, 0.1) is 5.41 Å². The van der Waals surface area contributed by atoms with Crippen molar-refractivity contribution >= 4 is 17.7 Å². The van der Waals surface area contributed by atoms with Crippen LogP contribution in [0.3, 0.4) is 0 Å². The molecule has 0 unspecified atom stereocenters. The van der Waals surface area contributed by atoms with Gasteiger partial charge in [0.1, 0.15) is 0 Å². The summed E-state index contributed by atoms with van der Waals surface area (Å²) in [6.45, 7) is 8.80. The van der Waals surface area contributed by atoms with Gasteiger partial charge in [0.2, 0.25) is 5.91 Å². The maximum atomic E-state index is 12.3. The van der Waals surface area contributed by atoms with Crippen molar-refractivity contribution in [3.8, 4) is 0 Å². The van der Waals surface area contributed by atoms with Gasteiger partial charge in [-0.3, -0.25) is 4.79 Å². The molecule has 2 aliphatic heterocycles. The van der Waals surface area contributed by atoms with E-state index < -0.39 is 0 Å². The lowest BCUT2D eigenvalue weighted by Crippen LogP contribution is -2.35. The highest BCUT2D eigenvalue weighted by Crippen LogP contribution is 2.30. The number of hydrogen-bond acceptors (Lipinski definition) is 3. The van der Waals surface area contributed by atoms with Gasteiger partial charge >= 0.3 is 0 Å². The lowest BCUT2D eigenvalue weighted by atomic mass is 9.85. The summed E-state index contributed by atoms with van der Waals surface area (Å²) < 4.78 is 0. The van der Waals surface area contributed by atoms with E-state index in [4.69, 9.17) is 0 Å². The molecule has 0 aromatic carbocycles. The van der Waals surface area contributed by atoms with Gasteiger partial charge in [0.05, 0.1) is 5.75 Å². The van der Waals surface area contributed by atoms with E-state index in [9.17, 15) is 4.79 Å². The summed E-state index contributed by atoms with van der Waals surface area (Å²) in [5.41, 5.74) is 0.414. The fraction of sp³-hybridized carbons (Fsp3) is 0.933. The van der Waals surface area contributed by atoms with Crippen LogP contribution < -0.4 is 5.32 Å². The predicted octanol–water partition coefficient (Wildman–Crippen LogP) is 2.51. The second kappa shape index (κ2) is 6.98. The second-order valence-corrected chi connectivity index (χ2v) is 7.95. The topological polar surface area (TPSA) is 32.3 Å². The van der Waals surface area contributed by atoms with E-state index in [-0.39, 0.29) is 0 Å². The van der Waals surface area contributed by atoms with Crippen LogP contribution in [-0.4, -0.2) is 48.0 Å². The molecule has 0 spiro atoms. The number of rotatable bonds is 3. The van der Waals surface area contributed by atoms with Crippen LogP contribution in [0.15, 0.2) is 0 Å². The van der Waals surface area contributed by atoms with Crippen LogP contribution in [0.2, 0.25) is 0 Å². The van der Waals surface area contributed by atoms with E-state index in [0.29, 0.717) is 22.3 Å². The molecule has 2 heterocycles. The number of likely N-dealkylation sites (tertiary alicyclic amines) is 1. The Morgan fingerprint density at radius 2 is 2.00 bits per heavy atom. The fourth-order valence-electron chi connectivity index (χ4n) is 2.91. The molecule has 0 aliphatic carbocycles. The molecular weight excluding hydrogens is 256 g/mol. The summed E-state index contributed by atoms with van der Waals surface area (Å²) >= 11 is 1.87. The molecule has 0 bridgehead atoms. The third-order valence-corrected chi connectivity index (χ3v) is 5.78. The summed E-state index contributed by atoms with van der Waals surface area (Å²) in [5, 5.41) is 4.06. The molecule has 0 saturated carbocycles. The predicted molar refractivity (Wildman–Crippen MR) is 82.6 cm³/mol. The molecule has 2 aliphatic rings. The molecule has 0 aromatic heterocycles. The third-order valence-electron chi connectivity index (χ3n) is 4.42. The van der Waals surface area contributed by atoms with E-state index in [1.807, 2.05) is 11.8 Å². The van der Waals surface area contributed by atoms with Crippen LogP contribution in [0.25, 0.3) is 0 Å². The normalized spacial score (nSPS) is 25.1. The quantitative estimate of drug-likeness (QED) is 0.864. The van der Waals surface area contributed by atoms with Gasteiger partial charge in [0.15, 0.2) is 0 Å². The molecule has 4 heteroatoms. The van der Waals surface area contributed by atoms with Crippen LogP contribution in [-0.2, 0) is 4.79 Å². The summed E-state index contributed by atoms with van der Waals surface area (Å²) in [6.07, 6.45) is 5.99. The van der Waals surface area contributed by atoms with Crippen LogP contribution in [0.1, 0.15) is 46.0 Å². The van der Waals surface area contributed by atoms with Gasteiger partial charge in [-0.1, -0.05) is 13.8 Å². The zero-order valence-corrected chi connectivity index (χ0v) is 13.2. The first-order valence-electron chi connectivity index (χ1n) is 7.67. The number of hydrogen-bond donors (Lipinski definition) is 1. The summed E-state index contributed by atoms with van der Waals surface area (Å²) in [6, 6.07) is 0. The Morgan fingerprint density at radius 3 is 2.74 bits per heavy atom. The third kappa shape index (κ3) is 4.99. The Labute approximate surface area is 121 Å². The van der Waals surface area contributed by atoms with Crippen molar-refractivity contribution in [2.24, 2.45) is 5.41 Å². The van der Waals surface area contributed by atoms with E-state index in [0.717, 1.165) is 39.0 Å². The molecule has 1 amide bonds. The van der Waals surface area contributed by atoms with Gasteiger partial charge in [-0.2, -0.15) is 0 Å². The number of amides is 1. The van der Waals surface area contributed by atoms with Crippen molar-refractivity contribution in [3.05, 3.63) is 0 Å².